The van der Waals surface area contributed by atoms with Crippen molar-refractivity contribution in [1.29, 1.82) is 0 Å². The summed E-state index contributed by atoms with van der Waals surface area (Å²) in [6, 6.07) is 3.81. The Bertz CT molecular complexity index is 442. The minimum Gasteiger partial charge on any atom is -0.329 e. The lowest BCUT2D eigenvalue weighted by molar-refractivity contribution is 0.113. The molecule has 0 spiro atoms. The molecule has 20 heavy (non-hydrogen) atoms. The lowest BCUT2D eigenvalue weighted by Crippen LogP contribution is -2.53. The minimum atomic E-state index is -0.532. The fraction of sp³-hybridized carbons (Fsp3) is 0.625. The summed E-state index contributed by atoms with van der Waals surface area (Å²) in [5.74, 6) is -1.00. The smallest absolute Gasteiger partial charge is 0.129 e. The standard InChI is InChI=1S/C16H24F2N2/c1-16(12-19,20-8-4-2-3-5-9-20)11-13-6-7-14(17)10-15(13)18/h6-7,10H,2-5,8-9,11-12,19H2,1H3. The zero-order chi connectivity index (χ0) is 14.6. The summed E-state index contributed by atoms with van der Waals surface area (Å²) >= 11 is 0. The van der Waals surface area contributed by atoms with E-state index in [4.69, 9.17) is 5.73 Å². The lowest BCUT2D eigenvalue weighted by atomic mass is 9.90. The van der Waals surface area contributed by atoms with Crippen LogP contribution in [0.1, 0.15) is 38.2 Å². The molecule has 1 aliphatic heterocycles. The normalized spacial score (nSPS) is 20.4. The summed E-state index contributed by atoms with van der Waals surface area (Å²) in [6.45, 7) is 4.58. The fourth-order valence-electron chi connectivity index (χ4n) is 3.00. The van der Waals surface area contributed by atoms with Crippen LogP contribution in [0, 0.1) is 11.6 Å². The van der Waals surface area contributed by atoms with Crippen LogP contribution in [0.2, 0.25) is 0 Å². The van der Waals surface area contributed by atoms with E-state index in [0.29, 0.717) is 18.5 Å². The maximum Gasteiger partial charge on any atom is 0.129 e. The highest BCUT2D eigenvalue weighted by molar-refractivity contribution is 5.21. The molecular formula is C16H24F2N2. The third-order valence-electron chi connectivity index (χ3n) is 4.40. The Morgan fingerprint density at radius 2 is 1.80 bits per heavy atom. The first-order valence-corrected chi connectivity index (χ1v) is 7.44. The molecule has 1 heterocycles. The van der Waals surface area contributed by atoms with Gasteiger partial charge in [-0.05, 0) is 50.9 Å². The van der Waals surface area contributed by atoms with Crippen molar-refractivity contribution in [1.82, 2.24) is 4.90 Å². The molecule has 1 saturated heterocycles. The van der Waals surface area contributed by atoms with Gasteiger partial charge in [-0.2, -0.15) is 0 Å². The molecule has 0 aliphatic carbocycles. The van der Waals surface area contributed by atoms with E-state index in [1.165, 1.54) is 37.8 Å². The van der Waals surface area contributed by atoms with Gasteiger partial charge in [0.2, 0.25) is 0 Å². The van der Waals surface area contributed by atoms with Gasteiger partial charge in [-0.3, -0.25) is 4.90 Å². The molecule has 1 unspecified atom stereocenters. The number of benzene rings is 1. The number of likely N-dealkylation sites (tertiary alicyclic amines) is 1. The van der Waals surface area contributed by atoms with Crippen LogP contribution in [0.3, 0.4) is 0 Å². The van der Waals surface area contributed by atoms with Gasteiger partial charge in [0.15, 0.2) is 0 Å². The van der Waals surface area contributed by atoms with E-state index in [9.17, 15) is 8.78 Å². The average molecular weight is 282 g/mol. The quantitative estimate of drug-likeness (QED) is 0.919. The molecule has 2 N–H and O–H groups in total. The first kappa shape index (κ1) is 15.4. The second-order valence-corrected chi connectivity index (χ2v) is 6.01. The van der Waals surface area contributed by atoms with E-state index in [-0.39, 0.29) is 5.54 Å². The van der Waals surface area contributed by atoms with Crippen LogP contribution in [-0.2, 0) is 6.42 Å². The van der Waals surface area contributed by atoms with Crippen molar-refractivity contribution in [3.05, 3.63) is 35.4 Å². The van der Waals surface area contributed by atoms with Gasteiger partial charge in [-0.1, -0.05) is 18.9 Å². The lowest BCUT2D eigenvalue weighted by Gasteiger charge is -2.40. The molecule has 0 aromatic heterocycles. The molecule has 4 heteroatoms. The van der Waals surface area contributed by atoms with Crippen molar-refractivity contribution >= 4 is 0 Å². The second-order valence-electron chi connectivity index (χ2n) is 6.01. The van der Waals surface area contributed by atoms with Crippen LogP contribution in [0.25, 0.3) is 0 Å². The number of hydrogen-bond donors (Lipinski definition) is 1. The van der Waals surface area contributed by atoms with Gasteiger partial charge in [0.25, 0.3) is 0 Å². The van der Waals surface area contributed by atoms with Crippen molar-refractivity contribution in [2.75, 3.05) is 19.6 Å². The molecule has 0 amide bonds. The zero-order valence-corrected chi connectivity index (χ0v) is 12.2. The van der Waals surface area contributed by atoms with E-state index in [1.54, 1.807) is 0 Å². The van der Waals surface area contributed by atoms with Crippen molar-refractivity contribution in [2.45, 2.75) is 44.6 Å². The number of halogens is 2. The molecule has 1 aromatic carbocycles. The average Bonchev–Trinajstić information content (AvgIpc) is 2.71. The summed E-state index contributed by atoms with van der Waals surface area (Å²) in [5, 5.41) is 0. The second kappa shape index (κ2) is 6.64. The summed E-state index contributed by atoms with van der Waals surface area (Å²) in [7, 11) is 0. The molecule has 0 saturated carbocycles. The molecule has 0 bridgehead atoms. The molecule has 1 atom stereocenters. The van der Waals surface area contributed by atoms with Gasteiger partial charge in [-0.25, -0.2) is 8.78 Å². The van der Waals surface area contributed by atoms with Crippen molar-refractivity contribution in [3.63, 3.8) is 0 Å². The van der Waals surface area contributed by atoms with Gasteiger partial charge in [0.05, 0.1) is 0 Å². The molecule has 112 valence electrons. The maximum absolute atomic E-state index is 13.9. The Morgan fingerprint density at radius 3 is 2.35 bits per heavy atom. The van der Waals surface area contributed by atoms with Crippen molar-refractivity contribution in [3.8, 4) is 0 Å². The molecular weight excluding hydrogens is 258 g/mol. The monoisotopic (exact) mass is 282 g/mol. The third kappa shape index (κ3) is 3.55. The van der Waals surface area contributed by atoms with Crippen LogP contribution in [-0.4, -0.2) is 30.1 Å². The first-order chi connectivity index (χ1) is 9.55. The van der Waals surface area contributed by atoms with Gasteiger partial charge < -0.3 is 5.73 Å². The number of rotatable bonds is 4. The van der Waals surface area contributed by atoms with E-state index in [1.807, 2.05) is 0 Å². The molecule has 1 aliphatic rings. The summed E-state index contributed by atoms with van der Waals surface area (Å²) < 4.78 is 26.9. The first-order valence-electron chi connectivity index (χ1n) is 7.44. The molecule has 2 rings (SSSR count). The van der Waals surface area contributed by atoms with Crippen LogP contribution in [0.15, 0.2) is 18.2 Å². The Kier molecular flexibility index (Phi) is 5.11. The number of hydrogen-bond acceptors (Lipinski definition) is 2. The van der Waals surface area contributed by atoms with Gasteiger partial charge in [0.1, 0.15) is 11.6 Å². The van der Waals surface area contributed by atoms with Gasteiger partial charge in [0, 0.05) is 18.2 Å². The summed E-state index contributed by atoms with van der Waals surface area (Å²) in [6.07, 6.45) is 5.36. The SMILES string of the molecule is CC(CN)(Cc1ccc(F)cc1F)N1CCCCCC1. The molecule has 0 radical (unpaired) electrons. The molecule has 1 aromatic rings. The van der Waals surface area contributed by atoms with Crippen LogP contribution < -0.4 is 5.73 Å². The van der Waals surface area contributed by atoms with E-state index >= 15 is 0 Å². The van der Waals surface area contributed by atoms with Crippen LogP contribution in [0.4, 0.5) is 8.78 Å². The Hall–Kier alpha value is -1.00. The van der Waals surface area contributed by atoms with E-state index in [2.05, 4.69) is 11.8 Å². The Balaban J connectivity index is 2.17. The van der Waals surface area contributed by atoms with E-state index < -0.39 is 11.6 Å². The van der Waals surface area contributed by atoms with Crippen LogP contribution in [0.5, 0.6) is 0 Å². The maximum atomic E-state index is 13.9. The van der Waals surface area contributed by atoms with Gasteiger partial charge >= 0.3 is 0 Å². The van der Waals surface area contributed by atoms with Gasteiger partial charge in [-0.15, -0.1) is 0 Å². The highest BCUT2D eigenvalue weighted by atomic mass is 19.1. The van der Waals surface area contributed by atoms with Crippen LogP contribution >= 0.6 is 0 Å². The predicted molar refractivity (Wildman–Crippen MR) is 77.6 cm³/mol. The summed E-state index contributed by atoms with van der Waals surface area (Å²) in [5.41, 5.74) is 6.26. The number of nitrogens with zero attached hydrogens (tertiary/aromatic N) is 1. The minimum absolute atomic E-state index is 0.261. The highest BCUT2D eigenvalue weighted by Crippen LogP contribution is 2.25. The zero-order valence-electron chi connectivity index (χ0n) is 12.2. The predicted octanol–water partition coefficient (Wildman–Crippen LogP) is 3.10. The largest absolute Gasteiger partial charge is 0.329 e. The van der Waals surface area contributed by atoms with Crippen molar-refractivity contribution in [2.24, 2.45) is 5.73 Å². The number of nitrogens with two attached hydrogens (primary N) is 1. The van der Waals surface area contributed by atoms with E-state index in [0.717, 1.165) is 19.2 Å². The fourth-order valence-corrected chi connectivity index (χ4v) is 3.00. The Morgan fingerprint density at radius 1 is 1.15 bits per heavy atom. The van der Waals surface area contributed by atoms with Crippen molar-refractivity contribution < 1.29 is 8.78 Å². The topological polar surface area (TPSA) is 29.3 Å². The third-order valence-corrected chi connectivity index (χ3v) is 4.40. The highest BCUT2D eigenvalue weighted by Gasteiger charge is 2.31. The molecule has 2 nitrogen and oxygen atoms in total. The molecule has 1 fully saturated rings. The summed E-state index contributed by atoms with van der Waals surface area (Å²) in [4.78, 5) is 2.38. The Labute approximate surface area is 120 Å².